The first-order valence-electron chi connectivity index (χ1n) is 9.12. The van der Waals surface area contributed by atoms with Gasteiger partial charge in [0.05, 0.1) is 6.04 Å². The summed E-state index contributed by atoms with van der Waals surface area (Å²) in [7, 11) is 1.99. The largest absolute Gasteiger partial charge is 0.341 e. The minimum Gasteiger partial charge on any atom is -0.341 e. The second-order valence-electron chi connectivity index (χ2n) is 7.00. The molecule has 0 aromatic heterocycles. The van der Waals surface area contributed by atoms with E-state index in [9.17, 15) is 9.18 Å². The molecule has 1 atom stereocenters. The smallest absolute Gasteiger partial charge is 0.239 e. The van der Waals surface area contributed by atoms with E-state index >= 15 is 0 Å². The Labute approximate surface area is 144 Å². The molecule has 24 heavy (non-hydrogen) atoms. The molecule has 132 valence electrons. The Morgan fingerprint density at radius 1 is 1.12 bits per heavy atom. The third-order valence-electron chi connectivity index (χ3n) is 5.41. The Kier molecular flexibility index (Phi) is 5.85. The van der Waals surface area contributed by atoms with E-state index in [0.29, 0.717) is 6.04 Å². The topological polar surface area (TPSA) is 35.6 Å². The van der Waals surface area contributed by atoms with Gasteiger partial charge >= 0.3 is 0 Å². The molecule has 0 radical (unpaired) electrons. The zero-order valence-electron chi connectivity index (χ0n) is 14.5. The lowest BCUT2D eigenvalue weighted by molar-refractivity contribution is -0.139. The Morgan fingerprint density at radius 3 is 2.50 bits per heavy atom. The van der Waals surface area contributed by atoms with Gasteiger partial charge in [0.2, 0.25) is 5.91 Å². The number of rotatable bonds is 4. The van der Waals surface area contributed by atoms with Crippen molar-refractivity contribution in [2.75, 3.05) is 26.7 Å². The standard InChI is InChI=1S/C19H28FN3O/c1-21-17-9-12-22(13-10-17)19(24)18-4-2-3-11-23(18)14-15-5-7-16(20)8-6-15/h5-8,17-18,21H,2-4,9-14H2,1H3. The highest BCUT2D eigenvalue weighted by Crippen LogP contribution is 2.23. The van der Waals surface area contributed by atoms with Crippen LogP contribution in [0.5, 0.6) is 0 Å². The maximum atomic E-state index is 13.1. The van der Waals surface area contributed by atoms with Crippen LogP contribution in [0.3, 0.4) is 0 Å². The molecular formula is C19H28FN3O. The predicted octanol–water partition coefficient (Wildman–Crippen LogP) is 2.39. The van der Waals surface area contributed by atoms with E-state index in [-0.39, 0.29) is 17.8 Å². The number of carbonyl (C=O) groups is 1. The van der Waals surface area contributed by atoms with Crippen LogP contribution in [0.15, 0.2) is 24.3 Å². The average Bonchev–Trinajstić information content (AvgIpc) is 2.63. The van der Waals surface area contributed by atoms with Crippen molar-refractivity contribution in [3.8, 4) is 0 Å². The molecule has 2 aliphatic rings. The van der Waals surface area contributed by atoms with E-state index in [2.05, 4.69) is 10.2 Å². The predicted molar refractivity (Wildman–Crippen MR) is 93.1 cm³/mol. The molecule has 1 amide bonds. The van der Waals surface area contributed by atoms with Crippen LogP contribution in [0, 0.1) is 5.82 Å². The summed E-state index contributed by atoms with van der Waals surface area (Å²) in [4.78, 5) is 17.3. The Balaban J connectivity index is 1.63. The van der Waals surface area contributed by atoms with Gasteiger partial charge in [0.25, 0.3) is 0 Å². The number of hydrogen-bond donors (Lipinski definition) is 1. The first-order chi connectivity index (χ1) is 11.7. The molecular weight excluding hydrogens is 305 g/mol. The van der Waals surface area contributed by atoms with E-state index in [4.69, 9.17) is 0 Å². The van der Waals surface area contributed by atoms with Crippen LogP contribution >= 0.6 is 0 Å². The second kappa shape index (κ2) is 8.08. The van der Waals surface area contributed by atoms with Crippen molar-refractivity contribution in [1.29, 1.82) is 0 Å². The summed E-state index contributed by atoms with van der Waals surface area (Å²) in [6, 6.07) is 7.16. The van der Waals surface area contributed by atoms with E-state index in [1.54, 1.807) is 0 Å². The number of nitrogens with zero attached hydrogens (tertiary/aromatic N) is 2. The molecule has 3 rings (SSSR count). The number of piperidine rings is 2. The highest BCUT2D eigenvalue weighted by Gasteiger charge is 2.33. The minimum absolute atomic E-state index is 0.0186. The highest BCUT2D eigenvalue weighted by atomic mass is 19.1. The minimum atomic E-state index is -0.211. The molecule has 4 nitrogen and oxygen atoms in total. The van der Waals surface area contributed by atoms with Crippen LogP contribution in [-0.2, 0) is 11.3 Å². The zero-order valence-corrected chi connectivity index (χ0v) is 14.5. The second-order valence-corrected chi connectivity index (χ2v) is 7.00. The monoisotopic (exact) mass is 333 g/mol. The molecule has 1 aromatic rings. The first-order valence-corrected chi connectivity index (χ1v) is 9.12. The Bertz CT molecular complexity index is 540. The van der Waals surface area contributed by atoms with Gasteiger partial charge in [0.15, 0.2) is 0 Å². The van der Waals surface area contributed by atoms with Crippen molar-refractivity contribution in [2.24, 2.45) is 0 Å². The van der Waals surface area contributed by atoms with Crippen molar-refractivity contribution in [3.05, 3.63) is 35.6 Å². The normalized spacial score (nSPS) is 23.4. The van der Waals surface area contributed by atoms with Gasteiger partial charge in [-0.15, -0.1) is 0 Å². The third kappa shape index (κ3) is 4.14. The highest BCUT2D eigenvalue weighted by molar-refractivity contribution is 5.82. The van der Waals surface area contributed by atoms with Crippen LogP contribution in [-0.4, -0.2) is 54.5 Å². The summed E-state index contributed by atoms with van der Waals surface area (Å²) < 4.78 is 13.1. The fraction of sp³-hybridized carbons (Fsp3) is 0.632. The number of nitrogens with one attached hydrogen (secondary N) is 1. The molecule has 0 aliphatic carbocycles. The zero-order chi connectivity index (χ0) is 16.9. The average molecular weight is 333 g/mol. The molecule has 0 saturated carbocycles. The molecule has 2 aliphatic heterocycles. The Morgan fingerprint density at radius 2 is 1.83 bits per heavy atom. The van der Waals surface area contributed by atoms with Crippen LogP contribution in [0.1, 0.15) is 37.7 Å². The summed E-state index contributed by atoms with van der Waals surface area (Å²) >= 11 is 0. The maximum Gasteiger partial charge on any atom is 0.239 e. The molecule has 2 saturated heterocycles. The van der Waals surface area contributed by atoms with Crippen molar-refractivity contribution < 1.29 is 9.18 Å². The lowest BCUT2D eigenvalue weighted by atomic mass is 9.98. The molecule has 0 spiro atoms. The van der Waals surface area contributed by atoms with Gasteiger partial charge < -0.3 is 10.2 Å². The Hall–Kier alpha value is -1.46. The maximum absolute atomic E-state index is 13.1. The summed E-state index contributed by atoms with van der Waals surface area (Å²) in [5, 5.41) is 3.31. The van der Waals surface area contributed by atoms with E-state index in [1.807, 2.05) is 24.1 Å². The number of benzene rings is 1. The van der Waals surface area contributed by atoms with E-state index in [1.165, 1.54) is 12.1 Å². The molecule has 2 heterocycles. The van der Waals surface area contributed by atoms with Crippen molar-refractivity contribution in [2.45, 2.75) is 50.7 Å². The van der Waals surface area contributed by atoms with E-state index in [0.717, 1.165) is 63.8 Å². The number of carbonyl (C=O) groups excluding carboxylic acids is 1. The molecule has 2 fully saturated rings. The van der Waals surface area contributed by atoms with Crippen molar-refractivity contribution >= 4 is 5.91 Å². The van der Waals surface area contributed by atoms with Gasteiger partial charge in [-0.3, -0.25) is 9.69 Å². The van der Waals surface area contributed by atoms with Crippen LogP contribution < -0.4 is 5.32 Å². The van der Waals surface area contributed by atoms with Crippen LogP contribution in [0.2, 0.25) is 0 Å². The molecule has 5 heteroatoms. The molecule has 1 aromatic carbocycles. The van der Waals surface area contributed by atoms with Gasteiger partial charge in [-0.05, 0) is 57.0 Å². The molecule has 1 N–H and O–H groups in total. The third-order valence-corrected chi connectivity index (χ3v) is 5.41. The number of amides is 1. The number of likely N-dealkylation sites (tertiary alicyclic amines) is 2. The number of hydrogen-bond acceptors (Lipinski definition) is 3. The summed E-state index contributed by atoms with van der Waals surface area (Å²) in [6.07, 6.45) is 5.25. The lowest BCUT2D eigenvalue weighted by Crippen LogP contribution is -2.53. The molecule has 1 unspecified atom stereocenters. The van der Waals surface area contributed by atoms with Gasteiger partial charge in [0, 0.05) is 25.7 Å². The summed E-state index contributed by atoms with van der Waals surface area (Å²) in [6.45, 7) is 3.38. The fourth-order valence-electron chi connectivity index (χ4n) is 3.88. The van der Waals surface area contributed by atoms with Gasteiger partial charge in [-0.2, -0.15) is 0 Å². The summed E-state index contributed by atoms with van der Waals surface area (Å²) in [5.41, 5.74) is 1.07. The van der Waals surface area contributed by atoms with Crippen LogP contribution in [0.25, 0.3) is 0 Å². The lowest BCUT2D eigenvalue weighted by Gasteiger charge is -2.40. The van der Waals surface area contributed by atoms with Crippen molar-refractivity contribution in [3.63, 3.8) is 0 Å². The van der Waals surface area contributed by atoms with Crippen LogP contribution in [0.4, 0.5) is 4.39 Å². The van der Waals surface area contributed by atoms with Gasteiger partial charge in [0.1, 0.15) is 5.82 Å². The van der Waals surface area contributed by atoms with Gasteiger partial charge in [-0.25, -0.2) is 4.39 Å². The van der Waals surface area contributed by atoms with Gasteiger partial charge in [-0.1, -0.05) is 18.6 Å². The van der Waals surface area contributed by atoms with E-state index < -0.39 is 0 Å². The van der Waals surface area contributed by atoms with Crippen molar-refractivity contribution in [1.82, 2.24) is 15.1 Å². The SMILES string of the molecule is CNC1CCN(C(=O)C2CCCCN2Cc2ccc(F)cc2)CC1. The summed E-state index contributed by atoms with van der Waals surface area (Å²) in [5.74, 6) is 0.0730. The first kappa shape index (κ1) is 17.4. The number of halogens is 1. The fourth-order valence-corrected chi connectivity index (χ4v) is 3.88. The molecule has 0 bridgehead atoms. The quantitative estimate of drug-likeness (QED) is 0.919.